The Morgan fingerprint density at radius 2 is 1.84 bits per heavy atom. The van der Waals surface area contributed by atoms with Crippen LogP contribution in [0.3, 0.4) is 0 Å². The molecule has 1 atom stereocenters. The predicted octanol–water partition coefficient (Wildman–Crippen LogP) is 2.84. The van der Waals surface area contributed by atoms with E-state index in [1.807, 2.05) is 30.3 Å². The van der Waals surface area contributed by atoms with Gasteiger partial charge in [0.2, 0.25) is 5.69 Å². The highest BCUT2D eigenvalue weighted by Gasteiger charge is 2.25. The van der Waals surface area contributed by atoms with Crippen LogP contribution in [0.15, 0.2) is 54.7 Å². The van der Waals surface area contributed by atoms with Gasteiger partial charge in [0.25, 0.3) is 5.91 Å². The van der Waals surface area contributed by atoms with E-state index < -0.39 is 18.0 Å². The number of amides is 1. The number of hydrogen-bond acceptors (Lipinski definition) is 7. The zero-order valence-corrected chi connectivity index (χ0v) is 17.0. The molecule has 0 radical (unpaired) electrons. The molecule has 0 saturated carbocycles. The molecule has 0 spiro atoms. The zero-order valence-electron chi connectivity index (χ0n) is 17.0. The van der Waals surface area contributed by atoms with Crippen LogP contribution in [-0.4, -0.2) is 48.1 Å². The largest absolute Gasteiger partial charge is 0.493 e. The van der Waals surface area contributed by atoms with Crippen molar-refractivity contribution in [3.63, 3.8) is 0 Å². The Hall–Kier alpha value is -4.01. The van der Waals surface area contributed by atoms with E-state index in [0.717, 1.165) is 5.69 Å². The number of anilines is 1. The van der Waals surface area contributed by atoms with Crippen molar-refractivity contribution in [2.24, 2.45) is 0 Å². The van der Waals surface area contributed by atoms with E-state index in [1.54, 1.807) is 24.4 Å². The average molecular weight is 423 g/mol. The number of nitrogens with one attached hydrogen (secondary N) is 1. The maximum Gasteiger partial charge on any atom is 0.363 e. The van der Waals surface area contributed by atoms with Gasteiger partial charge in [0.1, 0.15) is 13.2 Å². The maximum absolute atomic E-state index is 12.6. The first-order chi connectivity index (χ1) is 15.0. The number of rotatable bonds is 6. The normalized spacial score (nSPS) is 13.2. The first kappa shape index (κ1) is 20.3. The van der Waals surface area contributed by atoms with Crippen molar-refractivity contribution in [2.75, 3.05) is 25.6 Å². The molecule has 9 nitrogen and oxygen atoms in total. The van der Waals surface area contributed by atoms with Crippen molar-refractivity contribution in [2.45, 2.75) is 13.0 Å². The topological polar surface area (TPSA) is 101 Å². The van der Waals surface area contributed by atoms with Gasteiger partial charge in [-0.05, 0) is 31.2 Å². The van der Waals surface area contributed by atoms with Crippen molar-refractivity contribution >= 4 is 17.6 Å². The smallest absolute Gasteiger partial charge is 0.363 e. The quantitative estimate of drug-likeness (QED) is 0.609. The second kappa shape index (κ2) is 8.78. The summed E-state index contributed by atoms with van der Waals surface area (Å²) in [6.07, 6.45) is 0.513. The highest BCUT2D eigenvalue weighted by molar-refractivity contribution is 5.97. The number of carbonyl (C=O) groups is 2. The fourth-order valence-corrected chi connectivity index (χ4v) is 3.00. The van der Waals surface area contributed by atoms with Crippen LogP contribution in [-0.2, 0) is 9.53 Å². The SMILES string of the molecule is COc1cn(-c2ccccc2)nc1C(=O)O[C@H](C)C(=O)Nc1ccc2c(c1)OCCO2. The van der Waals surface area contributed by atoms with E-state index in [9.17, 15) is 9.59 Å². The number of fused-ring (bicyclic) bond motifs is 1. The van der Waals surface area contributed by atoms with Crippen molar-refractivity contribution in [1.82, 2.24) is 9.78 Å². The molecule has 0 unspecified atom stereocenters. The Morgan fingerprint density at radius 1 is 1.10 bits per heavy atom. The minimum absolute atomic E-state index is 0.0228. The predicted molar refractivity (Wildman–Crippen MR) is 111 cm³/mol. The second-order valence-electron chi connectivity index (χ2n) is 6.72. The standard InChI is InChI=1S/C22H21N3O6/c1-14(21(26)23-15-8-9-17-18(12-15)30-11-10-29-17)31-22(27)20-19(28-2)13-25(24-20)16-6-4-3-5-7-16/h3-9,12-14H,10-11H2,1-2H3,(H,23,26)/t14-/m1/s1. The lowest BCUT2D eigenvalue weighted by molar-refractivity contribution is -0.123. The van der Waals surface area contributed by atoms with Crippen LogP contribution in [0, 0.1) is 0 Å². The summed E-state index contributed by atoms with van der Waals surface area (Å²) in [6, 6.07) is 14.3. The number of methoxy groups -OCH3 is 1. The molecule has 1 amide bonds. The molecule has 9 heteroatoms. The van der Waals surface area contributed by atoms with E-state index in [1.165, 1.54) is 18.7 Å². The molecule has 2 heterocycles. The molecule has 1 N–H and O–H groups in total. The van der Waals surface area contributed by atoms with Crippen LogP contribution in [0.2, 0.25) is 0 Å². The lowest BCUT2D eigenvalue weighted by atomic mass is 10.2. The highest BCUT2D eigenvalue weighted by atomic mass is 16.6. The summed E-state index contributed by atoms with van der Waals surface area (Å²) in [5.74, 6) is 0.144. The molecule has 0 aliphatic carbocycles. The summed E-state index contributed by atoms with van der Waals surface area (Å²) < 4.78 is 23.0. The summed E-state index contributed by atoms with van der Waals surface area (Å²) in [6.45, 7) is 2.40. The Labute approximate surface area is 178 Å². The Balaban J connectivity index is 1.43. The zero-order chi connectivity index (χ0) is 21.8. The first-order valence-corrected chi connectivity index (χ1v) is 9.65. The fraction of sp³-hybridized carbons (Fsp3) is 0.227. The van der Waals surface area contributed by atoms with E-state index in [2.05, 4.69) is 10.4 Å². The summed E-state index contributed by atoms with van der Waals surface area (Å²) in [5, 5.41) is 6.95. The lowest BCUT2D eigenvalue weighted by Crippen LogP contribution is -2.30. The van der Waals surface area contributed by atoms with Gasteiger partial charge < -0.3 is 24.3 Å². The molecule has 0 fully saturated rings. The number of nitrogens with zero attached hydrogens (tertiary/aromatic N) is 2. The third-order valence-corrected chi connectivity index (χ3v) is 4.58. The molecule has 1 aliphatic heterocycles. The number of para-hydroxylation sites is 1. The van der Waals surface area contributed by atoms with Crippen molar-refractivity contribution in [3.05, 3.63) is 60.4 Å². The minimum Gasteiger partial charge on any atom is -0.493 e. The van der Waals surface area contributed by atoms with Gasteiger partial charge in [0.15, 0.2) is 23.4 Å². The van der Waals surface area contributed by atoms with Crippen molar-refractivity contribution in [3.8, 4) is 22.9 Å². The van der Waals surface area contributed by atoms with Crippen molar-refractivity contribution < 1.29 is 28.5 Å². The van der Waals surface area contributed by atoms with E-state index in [4.69, 9.17) is 18.9 Å². The van der Waals surface area contributed by atoms with Crippen LogP contribution < -0.4 is 19.5 Å². The van der Waals surface area contributed by atoms with E-state index in [-0.39, 0.29) is 11.4 Å². The summed E-state index contributed by atoms with van der Waals surface area (Å²) >= 11 is 0. The van der Waals surface area contributed by atoms with Gasteiger partial charge in [0.05, 0.1) is 19.0 Å². The third kappa shape index (κ3) is 4.45. The van der Waals surface area contributed by atoms with Gasteiger partial charge in [-0.25, -0.2) is 9.48 Å². The molecule has 4 rings (SSSR count). The van der Waals surface area contributed by atoms with Gasteiger partial charge in [-0.3, -0.25) is 4.79 Å². The average Bonchev–Trinajstić information content (AvgIpc) is 3.24. The van der Waals surface area contributed by atoms with Crippen LogP contribution in [0.1, 0.15) is 17.4 Å². The number of ether oxygens (including phenoxy) is 4. The fourth-order valence-electron chi connectivity index (χ4n) is 3.00. The van der Waals surface area contributed by atoms with Crippen LogP contribution >= 0.6 is 0 Å². The minimum atomic E-state index is -1.06. The Bertz CT molecular complexity index is 1100. The Kier molecular flexibility index (Phi) is 5.74. The van der Waals surface area contributed by atoms with Gasteiger partial charge in [0, 0.05) is 11.8 Å². The van der Waals surface area contributed by atoms with Gasteiger partial charge >= 0.3 is 5.97 Å². The molecule has 0 bridgehead atoms. The molecule has 31 heavy (non-hydrogen) atoms. The molecule has 0 saturated heterocycles. The maximum atomic E-state index is 12.6. The molecule has 1 aromatic heterocycles. The van der Waals surface area contributed by atoms with Crippen LogP contribution in [0.5, 0.6) is 17.2 Å². The van der Waals surface area contributed by atoms with Crippen LogP contribution in [0.4, 0.5) is 5.69 Å². The number of carbonyl (C=O) groups excluding carboxylic acids is 2. The Morgan fingerprint density at radius 3 is 2.58 bits per heavy atom. The molecule has 3 aromatic rings. The molecule has 1 aliphatic rings. The second-order valence-corrected chi connectivity index (χ2v) is 6.72. The highest BCUT2D eigenvalue weighted by Crippen LogP contribution is 2.32. The van der Waals surface area contributed by atoms with E-state index in [0.29, 0.717) is 30.4 Å². The summed E-state index contributed by atoms with van der Waals surface area (Å²) in [4.78, 5) is 25.1. The van der Waals surface area contributed by atoms with Crippen LogP contribution in [0.25, 0.3) is 5.69 Å². The van der Waals surface area contributed by atoms with Gasteiger partial charge in [-0.1, -0.05) is 18.2 Å². The third-order valence-electron chi connectivity index (χ3n) is 4.58. The van der Waals surface area contributed by atoms with Gasteiger partial charge in [-0.2, -0.15) is 5.10 Å². The van der Waals surface area contributed by atoms with Gasteiger partial charge in [-0.15, -0.1) is 0 Å². The molecular weight excluding hydrogens is 402 g/mol. The summed E-state index contributed by atoms with van der Waals surface area (Å²) in [7, 11) is 1.43. The lowest BCUT2D eigenvalue weighted by Gasteiger charge is -2.19. The number of hydrogen-bond donors (Lipinski definition) is 1. The number of aromatic nitrogens is 2. The molecular formula is C22H21N3O6. The first-order valence-electron chi connectivity index (χ1n) is 9.65. The number of esters is 1. The monoisotopic (exact) mass is 423 g/mol. The molecule has 2 aromatic carbocycles. The molecule has 160 valence electrons. The summed E-state index contributed by atoms with van der Waals surface area (Å²) in [5.41, 5.74) is 1.23. The van der Waals surface area contributed by atoms with Crippen molar-refractivity contribution in [1.29, 1.82) is 0 Å². The van der Waals surface area contributed by atoms with E-state index >= 15 is 0 Å². The number of benzene rings is 2.